The van der Waals surface area contributed by atoms with Crippen LogP contribution in [0.1, 0.15) is 5.56 Å². The molecule has 2 N–H and O–H groups in total. The third kappa shape index (κ3) is 7.31. The minimum atomic E-state index is -4.22. The highest BCUT2D eigenvalue weighted by Gasteiger charge is 2.24. The normalized spacial score (nSPS) is 12.6. The number of nitro benzene ring substituents is 1. The van der Waals surface area contributed by atoms with Gasteiger partial charge in [-0.15, -0.1) is 10.2 Å². The van der Waals surface area contributed by atoms with E-state index >= 15 is 0 Å². The standard InChI is InChI=1S/C26H24ClN5O9S3/c1-31(2)44(40,41)30-23-5-3-4-20-24(33)13-12-22(26(20)23)29-28-21-11-8-18(32(34)35)16-25(21)42(36,37)15-14-17-6-9-19(10-7-17)43(27,38)39/h3-13,16,30,33H,14-15H2,1-2H3. The van der Waals surface area contributed by atoms with Crippen molar-refractivity contribution in [3.63, 3.8) is 0 Å². The van der Waals surface area contributed by atoms with Crippen LogP contribution in [-0.2, 0) is 35.5 Å². The van der Waals surface area contributed by atoms with Crippen LogP contribution in [-0.4, -0.2) is 59.4 Å². The molecule has 0 amide bonds. The Hall–Kier alpha value is -4.16. The number of nitrogens with one attached hydrogen (secondary N) is 1. The second-order valence-electron chi connectivity index (χ2n) is 9.48. The summed E-state index contributed by atoms with van der Waals surface area (Å²) in [7, 11) is -4.19. The molecule has 14 nitrogen and oxygen atoms in total. The number of aromatic hydroxyl groups is 1. The van der Waals surface area contributed by atoms with Gasteiger partial charge in [-0.3, -0.25) is 14.8 Å². The molecule has 0 aliphatic rings. The number of rotatable bonds is 11. The molecule has 4 rings (SSSR count). The molecule has 44 heavy (non-hydrogen) atoms. The number of sulfone groups is 1. The smallest absolute Gasteiger partial charge is 0.301 e. The van der Waals surface area contributed by atoms with E-state index in [1.165, 1.54) is 68.7 Å². The van der Waals surface area contributed by atoms with Crippen LogP contribution in [0.5, 0.6) is 5.75 Å². The molecule has 0 heterocycles. The predicted molar refractivity (Wildman–Crippen MR) is 164 cm³/mol. The lowest BCUT2D eigenvalue weighted by Crippen LogP contribution is -2.29. The first-order chi connectivity index (χ1) is 20.5. The Bertz CT molecular complexity index is 2120. The summed E-state index contributed by atoms with van der Waals surface area (Å²) >= 11 is 0. The SMILES string of the molecule is CN(C)S(=O)(=O)Nc1cccc2c(O)ccc(N=Nc3ccc([N+](=O)[O-])cc3S(=O)(=O)CCc3ccc(S(=O)(=O)Cl)cc3)c12. The van der Waals surface area contributed by atoms with Crippen LogP contribution >= 0.6 is 10.7 Å². The molecule has 0 atom stereocenters. The van der Waals surface area contributed by atoms with Crippen LogP contribution in [0.25, 0.3) is 10.8 Å². The summed E-state index contributed by atoms with van der Waals surface area (Å²) in [6, 6.07) is 15.4. The van der Waals surface area contributed by atoms with Crippen molar-refractivity contribution in [1.29, 1.82) is 0 Å². The minimum absolute atomic E-state index is 0.0607. The van der Waals surface area contributed by atoms with Gasteiger partial charge in [-0.1, -0.05) is 24.3 Å². The molecule has 0 spiro atoms. The van der Waals surface area contributed by atoms with Crippen LogP contribution < -0.4 is 4.72 Å². The van der Waals surface area contributed by atoms with Crippen LogP contribution in [0.4, 0.5) is 22.7 Å². The van der Waals surface area contributed by atoms with Crippen molar-refractivity contribution < 1.29 is 35.3 Å². The Balaban J connectivity index is 1.75. The number of phenols is 1. The average Bonchev–Trinajstić information content (AvgIpc) is 2.95. The van der Waals surface area contributed by atoms with E-state index in [9.17, 15) is 40.5 Å². The summed E-state index contributed by atoms with van der Waals surface area (Å²) in [5.41, 5.74) is -0.146. The van der Waals surface area contributed by atoms with E-state index in [1.807, 2.05) is 0 Å². The molecule has 0 fully saturated rings. The van der Waals surface area contributed by atoms with E-state index in [2.05, 4.69) is 15.0 Å². The first-order valence-corrected chi connectivity index (χ1v) is 17.8. The fourth-order valence-corrected chi connectivity index (χ4v) is 6.86. The summed E-state index contributed by atoms with van der Waals surface area (Å²) in [5.74, 6) is -0.692. The highest BCUT2D eigenvalue weighted by molar-refractivity contribution is 8.13. The summed E-state index contributed by atoms with van der Waals surface area (Å²) in [6.45, 7) is 0. The lowest BCUT2D eigenvalue weighted by atomic mass is 10.1. The number of azo groups is 1. The molecule has 0 bridgehead atoms. The number of phenolic OH excluding ortho intramolecular Hbond substituents is 1. The van der Waals surface area contributed by atoms with E-state index in [0.717, 1.165) is 22.5 Å². The topological polar surface area (TPSA) is 206 Å². The van der Waals surface area contributed by atoms with Crippen LogP contribution in [0.2, 0.25) is 0 Å². The molecular weight excluding hydrogens is 658 g/mol. The molecule has 0 unspecified atom stereocenters. The summed E-state index contributed by atoms with van der Waals surface area (Å²) in [6.07, 6.45) is -0.0673. The first-order valence-electron chi connectivity index (χ1n) is 12.4. The lowest BCUT2D eigenvalue weighted by Gasteiger charge is -2.16. The molecule has 0 aliphatic heterocycles. The number of aryl methyl sites for hydroxylation is 1. The number of hydrogen-bond donors (Lipinski definition) is 2. The Morgan fingerprint density at radius 3 is 2.16 bits per heavy atom. The maximum atomic E-state index is 13.4. The Labute approximate surface area is 257 Å². The highest BCUT2D eigenvalue weighted by Crippen LogP contribution is 2.39. The second-order valence-corrected chi connectivity index (χ2v) is 16.0. The number of halogens is 1. The Kier molecular flexibility index (Phi) is 9.26. The second kappa shape index (κ2) is 12.4. The Morgan fingerprint density at radius 2 is 1.55 bits per heavy atom. The monoisotopic (exact) mass is 681 g/mol. The van der Waals surface area contributed by atoms with Crippen LogP contribution in [0.15, 0.2) is 92.8 Å². The number of non-ortho nitro benzene ring substituents is 1. The van der Waals surface area contributed by atoms with E-state index < -0.39 is 50.4 Å². The van der Waals surface area contributed by atoms with E-state index in [-0.39, 0.29) is 44.9 Å². The number of benzene rings is 4. The number of fused-ring (bicyclic) bond motifs is 1. The molecule has 4 aromatic rings. The van der Waals surface area contributed by atoms with Gasteiger partial charge in [0.25, 0.3) is 14.7 Å². The van der Waals surface area contributed by atoms with Gasteiger partial charge in [-0.05, 0) is 48.4 Å². The molecule has 0 radical (unpaired) electrons. The van der Waals surface area contributed by atoms with Gasteiger partial charge in [0.2, 0.25) is 0 Å². The van der Waals surface area contributed by atoms with Crippen LogP contribution in [0.3, 0.4) is 0 Å². The largest absolute Gasteiger partial charge is 0.507 e. The van der Waals surface area contributed by atoms with Crippen molar-refractivity contribution in [2.45, 2.75) is 16.2 Å². The van der Waals surface area contributed by atoms with Crippen molar-refractivity contribution >= 4 is 73.3 Å². The van der Waals surface area contributed by atoms with Crippen LogP contribution in [0, 0.1) is 10.1 Å². The summed E-state index contributed by atoms with van der Waals surface area (Å²) < 4.78 is 78.2. The zero-order valence-electron chi connectivity index (χ0n) is 22.9. The number of nitrogens with zero attached hydrogens (tertiary/aromatic N) is 4. The molecule has 0 aromatic heterocycles. The van der Waals surface area contributed by atoms with Crippen molar-refractivity contribution in [3.05, 3.63) is 88.5 Å². The molecule has 232 valence electrons. The highest BCUT2D eigenvalue weighted by atomic mass is 35.7. The van der Waals surface area contributed by atoms with Gasteiger partial charge < -0.3 is 5.11 Å². The summed E-state index contributed by atoms with van der Waals surface area (Å²) in [5, 5.41) is 30.5. The zero-order valence-corrected chi connectivity index (χ0v) is 26.2. The number of nitro groups is 1. The van der Waals surface area contributed by atoms with E-state index in [4.69, 9.17) is 10.7 Å². The number of anilines is 1. The molecule has 0 aliphatic carbocycles. The van der Waals surface area contributed by atoms with Gasteiger partial charge in [-0.25, -0.2) is 16.8 Å². The van der Waals surface area contributed by atoms with Gasteiger partial charge in [0.05, 0.1) is 26.9 Å². The fourth-order valence-electron chi connectivity index (χ4n) is 4.01. The van der Waals surface area contributed by atoms with Gasteiger partial charge in [-0.2, -0.15) is 12.7 Å². The van der Waals surface area contributed by atoms with E-state index in [0.29, 0.717) is 5.56 Å². The predicted octanol–water partition coefficient (Wildman–Crippen LogP) is 5.03. The third-order valence-corrected chi connectivity index (χ3v) is 10.9. The maximum absolute atomic E-state index is 13.4. The van der Waals surface area contributed by atoms with Crippen molar-refractivity contribution in [2.24, 2.45) is 10.2 Å². The average molecular weight is 682 g/mol. The van der Waals surface area contributed by atoms with Gasteiger partial charge in [0, 0.05) is 47.7 Å². The molecular formula is C26H24ClN5O9S3. The van der Waals surface area contributed by atoms with Crippen molar-refractivity contribution in [1.82, 2.24) is 4.31 Å². The van der Waals surface area contributed by atoms with Gasteiger partial charge in [0.1, 0.15) is 16.3 Å². The van der Waals surface area contributed by atoms with E-state index in [1.54, 1.807) is 0 Å². The molecule has 0 saturated carbocycles. The van der Waals surface area contributed by atoms with Gasteiger partial charge >= 0.3 is 10.2 Å². The quantitative estimate of drug-likeness (QED) is 0.0940. The zero-order chi connectivity index (χ0) is 32.4. The Morgan fingerprint density at radius 1 is 0.909 bits per heavy atom. The van der Waals surface area contributed by atoms with Crippen molar-refractivity contribution in [3.8, 4) is 5.75 Å². The van der Waals surface area contributed by atoms with Gasteiger partial charge in [0.15, 0.2) is 9.84 Å². The number of hydrogen-bond acceptors (Lipinski definition) is 11. The maximum Gasteiger partial charge on any atom is 0.301 e. The third-order valence-electron chi connectivity index (χ3n) is 6.33. The first kappa shape index (κ1) is 32.7. The molecule has 0 saturated heterocycles. The lowest BCUT2D eigenvalue weighted by molar-refractivity contribution is -0.385. The summed E-state index contributed by atoms with van der Waals surface area (Å²) in [4.78, 5) is 10.1. The molecule has 18 heteroatoms. The fraction of sp³-hybridized carbons (Fsp3) is 0.154. The van der Waals surface area contributed by atoms with Crippen molar-refractivity contribution in [2.75, 3.05) is 24.6 Å². The molecule has 4 aromatic carbocycles. The minimum Gasteiger partial charge on any atom is -0.507 e.